The number of likely N-dealkylation sites (N-methyl/N-ethyl adjacent to an activating group) is 1. The van der Waals surface area contributed by atoms with Gasteiger partial charge in [-0.2, -0.15) is 0 Å². The average Bonchev–Trinajstić information content (AvgIpc) is 1.64. The van der Waals surface area contributed by atoms with E-state index in [-0.39, 0.29) is 176 Å². The first-order chi connectivity index (χ1) is 71.1. The number of Topliss-reactive ketones (excluding diaryl/α,β-unsaturated/α-hetero) is 1. The highest BCUT2D eigenvalue weighted by Crippen LogP contribution is 2.49. The molecule has 0 aromatic heterocycles. The molecule has 0 heterocycles. The van der Waals surface area contributed by atoms with Crippen LogP contribution in [-0.2, 0) is 62.0 Å². The lowest BCUT2D eigenvalue weighted by Crippen LogP contribution is -2.48. The number of nitrogens with two attached hydrogens (primary N) is 1. The van der Waals surface area contributed by atoms with Crippen LogP contribution in [0.25, 0.3) is 55.6 Å². The summed E-state index contributed by atoms with van der Waals surface area (Å²) in [5, 5.41) is 33.2. The van der Waals surface area contributed by atoms with E-state index in [9.17, 15) is 67.1 Å². The molecule has 0 saturated carbocycles. The molecule has 36 nitrogen and oxygen atoms in total. The first-order valence-corrected chi connectivity index (χ1v) is 49.0. The molecule has 778 valence electrons. The van der Waals surface area contributed by atoms with Crippen LogP contribution in [0.2, 0.25) is 0 Å². The van der Waals surface area contributed by atoms with E-state index in [2.05, 4.69) is 175 Å². The number of fused-ring (bicyclic) bond motifs is 15. The van der Waals surface area contributed by atoms with E-state index in [1.165, 1.54) is 102 Å². The lowest BCUT2D eigenvalue weighted by Gasteiger charge is -2.22. The van der Waals surface area contributed by atoms with Gasteiger partial charge in [-0.15, -0.1) is 0 Å². The fourth-order valence-electron chi connectivity index (χ4n) is 17.2. The number of alkyl carbamates (subject to hydrolysis) is 5. The van der Waals surface area contributed by atoms with Gasteiger partial charge < -0.3 is 81.3 Å². The summed E-state index contributed by atoms with van der Waals surface area (Å²) in [5.41, 5.74) is 40.2. The summed E-state index contributed by atoms with van der Waals surface area (Å²) in [6.07, 6.45) is -2.71. The van der Waals surface area contributed by atoms with Crippen molar-refractivity contribution >= 4 is 83.8 Å². The number of nitrogens with zero attached hydrogens (tertiary/aromatic N) is 3. The number of aliphatic carboxylic acids is 1. The molecule has 0 atom stereocenters. The number of hydrogen-bond acceptors (Lipinski definition) is 22. The van der Waals surface area contributed by atoms with Crippen molar-refractivity contribution in [1.29, 1.82) is 0 Å². The third-order valence-corrected chi connectivity index (χ3v) is 23.8. The van der Waals surface area contributed by atoms with Crippen LogP contribution in [0.1, 0.15) is 173 Å². The third kappa shape index (κ3) is 34.5. The van der Waals surface area contributed by atoms with Crippen LogP contribution in [0, 0.1) is 0 Å². The van der Waals surface area contributed by atoms with Gasteiger partial charge in [0.15, 0.2) is 0 Å². The van der Waals surface area contributed by atoms with E-state index in [4.69, 9.17) is 39.6 Å². The molecule has 10 aromatic rings. The minimum atomic E-state index is -1.18. The average molecular weight is 2010 g/mol. The molecule has 0 aliphatic heterocycles. The van der Waals surface area contributed by atoms with Crippen LogP contribution >= 0.6 is 0 Å². The Morgan fingerprint density at radius 2 is 0.524 bits per heavy atom. The maximum absolute atomic E-state index is 12.3. The number of ketones is 1. The van der Waals surface area contributed by atoms with Crippen molar-refractivity contribution in [3.05, 3.63) is 298 Å². The number of carboxylic acids is 1. The van der Waals surface area contributed by atoms with E-state index < -0.39 is 42.5 Å². The number of rotatable bonds is 36. The molecule has 0 saturated heterocycles. The van der Waals surface area contributed by atoms with E-state index in [0.29, 0.717) is 39.1 Å². The molecule has 147 heavy (non-hydrogen) atoms. The second-order valence-electron chi connectivity index (χ2n) is 33.9. The van der Waals surface area contributed by atoms with Crippen molar-refractivity contribution in [3.8, 4) is 55.6 Å². The van der Waals surface area contributed by atoms with E-state index in [1.54, 1.807) is 27.7 Å². The number of carbonyl (C=O) groups is 14. The minimum Gasteiger partial charge on any atom is -0.481 e. The summed E-state index contributed by atoms with van der Waals surface area (Å²) in [4.78, 5) is 164. The summed E-state index contributed by atoms with van der Waals surface area (Å²) >= 11 is 0. The molecular weight excluding hydrogens is 1880 g/mol. The Bertz CT molecular complexity index is 5630. The quantitative estimate of drug-likeness (QED) is 0.00985. The normalized spacial score (nSPS) is 11.8. The molecule has 0 bridgehead atoms. The number of carbonyl (C=O) groups excluding carboxylic acids is 12. The largest absolute Gasteiger partial charge is 0.481 e. The first-order valence-electron chi connectivity index (χ1n) is 49.0. The second kappa shape index (κ2) is 60.3. The highest BCUT2D eigenvalue weighted by molar-refractivity contribution is 5.88. The summed E-state index contributed by atoms with van der Waals surface area (Å²) < 4.78 is 27.2. The highest BCUT2D eigenvalue weighted by Gasteiger charge is 2.35. The zero-order chi connectivity index (χ0) is 106. The van der Waals surface area contributed by atoms with E-state index in [0.717, 1.165) is 51.1 Å². The molecule has 0 spiro atoms. The van der Waals surface area contributed by atoms with Crippen molar-refractivity contribution in [2.24, 2.45) is 5.73 Å². The maximum atomic E-state index is 12.3. The smallest absolute Gasteiger partial charge is 0.419 e. The molecule has 12 amide bonds. The summed E-state index contributed by atoms with van der Waals surface area (Å²) in [6.45, 7) is 19.8. The van der Waals surface area contributed by atoms with Crippen LogP contribution in [0.15, 0.2) is 243 Å². The Labute approximate surface area is 856 Å². The monoisotopic (exact) mass is 2010 g/mol. The molecule has 10 aromatic carbocycles. The lowest BCUT2D eigenvalue weighted by atomic mass is 9.98. The molecule has 15 rings (SSSR count). The van der Waals surface area contributed by atoms with Gasteiger partial charge in [0.2, 0.25) is 35.4 Å². The van der Waals surface area contributed by atoms with Crippen molar-refractivity contribution in [3.63, 3.8) is 0 Å². The maximum Gasteiger partial charge on any atom is 0.419 e. The van der Waals surface area contributed by atoms with Crippen LogP contribution in [-0.4, -0.2) is 233 Å². The second-order valence-corrected chi connectivity index (χ2v) is 33.9. The van der Waals surface area contributed by atoms with Gasteiger partial charge in [-0.05, 0) is 132 Å². The van der Waals surface area contributed by atoms with Gasteiger partial charge in [0, 0.05) is 135 Å². The van der Waals surface area contributed by atoms with Crippen LogP contribution < -0.4 is 64.8 Å². The Morgan fingerprint density at radius 3 is 0.741 bits per heavy atom. The number of nitrogens with one attached hydrogen (secondary N) is 11. The highest BCUT2D eigenvalue weighted by atomic mass is 16.6. The predicted molar refractivity (Wildman–Crippen MR) is 558 cm³/mol. The Kier molecular flexibility index (Phi) is 46.9. The van der Waals surface area contributed by atoms with Crippen molar-refractivity contribution in [2.45, 2.75) is 118 Å². The first kappa shape index (κ1) is 114. The molecule has 0 unspecified atom stereocenters. The van der Waals surface area contributed by atoms with Crippen molar-refractivity contribution in [1.82, 2.24) is 73.8 Å². The summed E-state index contributed by atoms with van der Waals surface area (Å²) in [7, 11) is 0. The van der Waals surface area contributed by atoms with Crippen molar-refractivity contribution < 1.29 is 101 Å². The van der Waals surface area contributed by atoms with E-state index in [1.807, 2.05) is 141 Å². The van der Waals surface area contributed by atoms with Gasteiger partial charge in [-0.3, -0.25) is 59.6 Å². The van der Waals surface area contributed by atoms with Gasteiger partial charge >= 0.3 is 42.5 Å². The van der Waals surface area contributed by atoms with Crippen LogP contribution in [0.3, 0.4) is 0 Å². The van der Waals surface area contributed by atoms with Gasteiger partial charge in [0.1, 0.15) is 38.8 Å². The van der Waals surface area contributed by atoms with Gasteiger partial charge in [0.25, 0.3) is 0 Å². The van der Waals surface area contributed by atoms with Crippen LogP contribution in [0.5, 0.6) is 0 Å². The van der Waals surface area contributed by atoms with Gasteiger partial charge in [-0.1, -0.05) is 277 Å². The fourth-order valence-corrected chi connectivity index (χ4v) is 17.2. The lowest BCUT2D eigenvalue weighted by molar-refractivity contribution is -0.140. The minimum absolute atomic E-state index is 0.00373. The van der Waals surface area contributed by atoms with Crippen molar-refractivity contribution in [2.75, 3.05) is 125 Å². The Hall–Kier alpha value is -16.3. The predicted octanol–water partition coefficient (Wildman–Crippen LogP) is 14.0. The third-order valence-electron chi connectivity index (χ3n) is 23.8. The summed E-state index contributed by atoms with van der Waals surface area (Å²) in [5.74, 6) is -1.99. The fraction of sp³-hybridized carbons (Fsp3) is 0.333. The van der Waals surface area contributed by atoms with Crippen LogP contribution in [0.4, 0.5) is 28.8 Å². The summed E-state index contributed by atoms with van der Waals surface area (Å²) in [6, 6.07) is 81.5. The molecular formula is C111H133N15O21. The zero-order valence-electron chi connectivity index (χ0n) is 84.3. The number of carboxylic acid groups (broad SMARTS) is 2. The molecule has 15 N–H and O–H groups in total. The number of ether oxygens (including phenoxy) is 5. The number of benzene rings is 10. The Balaban J connectivity index is 0.000000201. The zero-order valence-corrected chi connectivity index (χ0v) is 84.3. The van der Waals surface area contributed by atoms with Gasteiger partial charge in [-0.25, -0.2) is 39.6 Å². The molecule has 0 radical (unpaired) electrons. The SMILES string of the molecule is CC(=O)NNCCNC(=O)OCC1c2ccccc2-c2ccccc21.CCC(=O)N(CCNC(=O)OCC1c2ccccc2-c2ccccc21)CC(C)=O.CCC(=O)N(CCNC(=O)OCC1c2ccccc2-c2ccccc21)NC(C)=O.CCC(=O)O.CCN.CCNC(=O)CN(CCNC(=O)OCC1c2ccccc2-c2ccccc21)C(=O)CC.O=C(O)NNCCNC(=O)OCC1c2ccccc2-c2ccccc21. The number of amides is 12. The molecule has 5 aliphatic rings. The van der Waals surface area contributed by atoms with Gasteiger partial charge in [0.05, 0.1) is 19.6 Å². The topological polar surface area (TPSA) is 494 Å². The standard InChI is InChI=1S/C24H29N3O4.C23H26N2O4.C22H25N3O4.C19H21N3O3.C18H19N3O4.C3H6O2.C2H7N/c1-3-23(29)27(15-22(28)25-4-2)14-13-26-24(30)31-16-21-19-11-7-5-9-17(19)18-10-6-8-12-20(18)21;1-3-22(27)25(14-16(2)26)13-12-24-23(28)29-15-21-19-10-6-4-8-17(19)18-9-5-7-11-20(18)21;1-3-21(27)25(24-15(2)26)13-12-23-22(28)29-14-20-18-10-6-4-8-16(18)17-9-5-7-11-19(17)20;1-13(23)22-21-11-10-20-19(24)25-12-18-16-8-4-2-6-14(16)15-7-3-5-9-17(15)18;22-17(23)21-20-10-9-19-18(24)25-11-16-14-7-3-1-5-12(14)13-6-2-4-8-15(13)16;1-2-3(4)5;1-2-3/h5-12,21H,3-4,13-16H2,1-2H3,(H,25,28)(H,26,30);4-11,21H,3,12-15H2,1-2H3,(H,24,28);4-11,20H,3,12-14H2,1-2H3,(H,23,28)(H,24,26);2-9,18,21H,10-12H2,1H3,(H,20,24)(H,22,23);1-8,16,20-21H,9-11H2,(H,19,24)(H,22,23);2H2,1H3,(H,4,5);2-3H2,1H3. The number of hydrogen-bond donors (Lipinski definition) is 14. The molecule has 5 aliphatic carbocycles. The molecule has 36 heteroatoms. The number of hydrazine groups is 3. The van der Waals surface area contributed by atoms with E-state index >= 15 is 0 Å². The molecule has 0 fully saturated rings. The Morgan fingerprint density at radius 1 is 0.293 bits per heavy atom.